The fourth-order valence-electron chi connectivity index (χ4n) is 2.18. The minimum atomic E-state index is 0.298. The molecule has 0 saturated heterocycles. The van der Waals surface area contributed by atoms with Gasteiger partial charge in [-0.2, -0.15) is 0 Å². The number of rotatable bonds is 2. The summed E-state index contributed by atoms with van der Waals surface area (Å²) in [7, 11) is 1.65. The van der Waals surface area contributed by atoms with Crippen molar-refractivity contribution in [2.45, 2.75) is 26.2 Å². The number of carbonyl (C=O) groups is 1. The zero-order chi connectivity index (χ0) is 12.3. The van der Waals surface area contributed by atoms with Crippen molar-refractivity contribution in [2.24, 2.45) is 5.92 Å². The van der Waals surface area contributed by atoms with Crippen LogP contribution in [0, 0.1) is 5.92 Å². The molecule has 1 fully saturated rings. The van der Waals surface area contributed by atoms with Gasteiger partial charge in [0.05, 0.1) is 7.11 Å². The maximum atomic E-state index is 11.9. The van der Waals surface area contributed by atoms with E-state index in [9.17, 15) is 4.79 Å². The Morgan fingerprint density at radius 2 is 2.24 bits per heavy atom. The smallest absolute Gasteiger partial charge is 0.159 e. The summed E-state index contributed by atoms with van der Waals surface area (Å²) in [4.78, 5) is 11.9. The van der Waals surface area contributed by atoms with E-state index in [1.165, 1.54) is 0 Å². The molecule has 0 spiro atoms. The van der Waals surface area contributed by atoms with Gasteiger partial charge in [0.15, 0.2) is 5.78 Å². The van der Waals surface area contributed by atoms with Gasteiger partial charge in [0, 0.05) is 6.42 Å². The predicted octanol–water partition coefficient (Wildman–Crippen LogP) is 3.47. The fourth-order valence-corrected chi connectivity index (χ4v) is 2.18. The highest BCUT2D eigenvalue weighted by Gasteiger charge is 2.20. The summed E-state index contributed by atoms with van der Waals surface area (Å²) in [5.41, 5.74) is 2.00. The van der Waals surface area contributed by atoms with Crippen LogP contribution in [0.15, 0.2) is 29.8 Å². The van der Waals surface area contributed by atoms with Crippen LogP contribution in [0.5, 0.6) is 5.75 Å². The van der Waals surface area contributed by atoms with Crippen molar-refractivity contribution in [3.8, 4) is 5.75 Å². The molecule has 1 aliphatic rings. The van der Waals surface area contributed by atoms with Gasteiger partial charge in [0.25, 0.3) is 0 Å². The lowest BCUT2D eigenvalue weighted by molar-refractivity contribution is -0.117. The van der Waals surface area contributed by atoms with E-state index in [1.54, 1.807) is 7.11 Å². The average molecular weight is 230 g/mol. The minimum absolute atomic E-state index is 0.298. The first-order valence-corrected chi connectivity index (χ1v) is 6.07. The number of allylic oxidation sites excluding steroid dienone is 1. The van der Waals surface area contributed by atoms with Crippen molar-refractivity contribution >= 4 is 11.9 Å². The molecule has 17 heavy (non-hydrogen) atoms. The van der Waals surface area contributed by atoms with E-state index in [4.69, 9.17) is 4.74 Å². The van der Waals surface area contributed by atoms with Crippen LogP contribution in [0.4, 0.5) is 0 Å². The van der Waals surface area contributed by atoms with E-state index in [0.29, 0.717) is 18.1 Å². The monoisotopic (exact) mass is 230 g/mol. The first kappa shape index (κ1) is 11.9. The molecule has 0 N–H and O–H groups in total. The Balaban J connectivity index is 2.20. The maximum absolute atomic E-state index is 11.9. The molecule has 1 saturated carbocycles. The van der Waals surface area contributed by atoms with Crippen LogP contribution in [0.1, 0.15) is 31.7 Å². The lowest BCUT2D eigenvalue weighted by Gasteiger charge is -2.19. The first-order chi connectivity index (χ1) is 8.19. The van der Waals surface area contributed by atoms with Crippen LogP contribution < -0.4 is 4.74 Å². The van der Waals surface area contributed by atoms with E-state index in [0.717, 1.165) is 29.7 Å². The molecule has 2 heteroatoms. The second-order valence-corrected chi connectivity index (χ2v) is 4.72. The minimum Gasteiger partial charge on any atom is -0.497 e. The number of benzene rings is 1. The van der Waals surface area contributed by atoms with Crippen molar-refractivity contribution < 1.29 is 9.53 Å². The molecule has 2 rings (SSSR count). The molecule has 0 radical (unpaired) electrons. The van der Waals surface area contributed by atoms with Gasteiger partial charge in [-0.3, -0.25) is 4.79 Å². The topological polar surface area (TPSA) is 26.3 Å². The molecule has 1 aliphatic carbocycles. The molecule has 0 aliphatic heterocycles. The van der Waals surface area contributed by atoms with Crippen LogP contribution in [-0.2, 0) is 4.79 Å². The molecule has 1 aromatic rings. The second kappa shape index (κ2) is 5.17. The number of ether oxygens (including phenoxy) is 1. The van der Waals surface area contributed by atoms with Gasteiger partial charge in [-0.1, -0.05) is 19.1 Å². The molecule has 90 valence electrons. The normalized spacial score (nSPS) is 22.8. The van der Waals surface area contributed by atoms with Crippen LogP contribution in [0.2, 0.25) is 0 Å². The molecule has 0 amide bonds. The van der Waals surface area contributed by atoms with Gasteiger partial charge in [-0.05, 0) is 48.1 Å². The SMILES string of the molecule is COc1cccc(C=C2CCC(C)CC2=O)c1. The fraction of sp³-hybridized carbons (Fsp3) is 0.400. The quantitative estimate of drug-likeness (QED) is 0.727. The summed E-state index contributed by atoms with van der Waals surface area (Å²) in [6.07, 6.45) is 4.70. The van der Waals surface area contributed by atoms with Crippen LogP contribution in [0.25, 0.3) is 6.08 Å². The van der Waals surface area contributed by atoms with Crippen molar-refractivity contribution in [3.63, 3.8) is 0 Å². The summed E-state index contributed by atoms with van der Waals surface area (Å²) >= 11 is 0. The summed E-state index contributed by atoms with van der Waals surface area (Å²) in [6, 6.07) is 7.81. The van der Waals surface area contributed by atoms with E-state index in [1.807, 2.05) is 30.3 Å². The van der Waals surface area contributed by atoms with Gasteiger partial charge in [0.1, 0.15) is 5.75 Å². The molecule has 1 aromatic carbocycles. The van der Waals surface area contributed by atoms with Gasteiger partial charge >= 0.3 is 0 Å². The van der Waals surface area contributed by atoms with Crippen molar-refractivity contribution in [2.75, 3.05) is 7.11 Å². The van der Waals surface area contributed by atoms with Gasteiger partial charge in [-0.25, -0.2) is 0 Å². The van der Waals surface area contributed by atoms with Crippen LogP contribution >= 0.6 is 0 Å². The van der Waals surface area contributed by atoms with Crippen LogP contribution in [0.3, 0.4) is 0 Å². The molecule has 0 bridgehead atoms. The predicted molar refractivity (Wildman–Crippen MR) is 69.0 cm³/mol. The summed E-state index contributed by atoms with van der Waals surface area (Å²) in [5, 5.41) is 0. The average Bonchev–Trinajstić information content (AvgIpc) is 2.33. The van der Waals surface area contributed by atoms with Crippen molar-refractivity contribution in [1.82, 2.24) is 0 Å². The lowest BCUT2D eigenvalue weighted by atomic mass is 9.85. The first-order valence-electron chi connectivity index (χ1n) is 6.07. The van der Waals surface area contributed by atoms with E-state index in [2.05, 4.69) is 6.92 Å². The number of carbonyl (C=O) groups excluding carboxylic acids is 1. The number of hydrogen-bond acceptors (Lipinski definition) is 2. The highest BCUT2D eigenvalue weighted by Crippen LogP contribution is 2.27. The zero-order valence-corrected chi connectivity index (χ0v) is 10.4. The Bertz CT molecular complexity index is 446. The standard InChI is InChI=1S/C15H18O2/c1-11-6-7-13(15(16)8-11)9-12-4-3-5-14(10-12)17-2/h3-5,9-11H,6-8H2,1-2H3. The van der Waals surface area contributed by atoms with Crippen molar-refractivity contribution in [1.29, 1.82) is 0 Å². The molecule has 1 unspecified atom stereocenters. The molecule has 2 nitrogen and oxygen atoms in total. The Kier molecular flexibility index (Phi) is 3.62. The van der Waals surface area contributed by atoms with Crippen LogP contribution in [-0.4, -0.2) is 12.9 Å². The largest absolute Gasteiger partial charge is 0.497 e. The highest BCUT2D eigenvalue weighted by molar-refractivity contribution is 6.00. The number of hydrogen-bond donors (Lipinski definition) is 0. The number of methoxy groups -OCH3 is 1. The molecule has 0 aromatic heterocycles. The Morgan fingerprint density at radius 3 is 2.94 bits per heavy atom. The van der Waals surface area contributed by atoms with E-state index < -0.39 is 0 Å². The maximum Gasteiger partial charge on any atom is 0.159 e. The third-order valence-electron chi connectivity index (χ3n) is 3.23. The Hall–Kier alpha value is -1.57. The number of ketones is 1. The summed E-state index contributed by atoms with van der Waals surface area (Å²) in [5.74, 6) is 1.66. The Morgan fingerprint density at radius 1 is 1.41 bits per heavy atom. The Labute approximate surface area is 102 Å². The summed E-state index contributed by atoms with van der Waals surface area (Å²) in [6.45, 7) is 2.14. The summed E-state index contributed by atoms with van der Waals surface area (Å²) < 4.78 is 5.17. The highest BCUT2D eigenvalue weighted by atomic mass is 16.5. The third-order valence-corrected chi connectivity index (χ3v) is 3.23. The van der Waals surface area contributed by atoms with Crippen molar-refractivity contribution in [3.05, 3.63) is 35.4 Å². The molecular weight excluding hydrogens is 212 g/mol. The van der Waals surface area contributed by atoms with Gasteiger partial charge < -0.3 is 4.74 Å². The zero-order valence-electron chi connectivity index (χ0n) is 10.4. The third kappa shape index (κ3) is 2.96. The number of Topliss-reactive ketones (excluding diaryl/α,β-unsaturated/α-hetero) is 1. The molecule has 1 atom stereocenters. The molecular formula is C15H18O2. The van der Waals surface area contributed by atoms with Gasteiger partial charge in [0.2, 0.25) is 0 Å². The van der Waals surface area contributed by atoms with E-state index in [-0.39, 0.29) is 0 Å². The van der Waals surface area contributed by atoms with E-state index >= 15 is 0 Å². The second-order valence-electron chi connectivity index (χ2n) is 4.72. The molecule has 0 heterocycles. The van der Waals surface area contributed by atoms with Gasteiger partial charge in [-0.15, -0.1) is 0 Å². The lowest BCUT2D eigenvalue weighted by Crippen LogP contribution is -2.15.